The molecule has 8 heterocycles. The number of ether oxygens (including phenoxy) is 3. The van der Waals surface area contributed by atoms with E-state index in [1.807, 2.05) is 6.07 Å². The van der Waals surface area contributed by atoms with Gasteiger partial charge in [-0.05, 0) is 86.8 Å². The summed E-state index contributed by atoms with van der Waals surface area (Å²) >= 11 is 0. The Morgan fingerprint density at radius 2 is 1.09 bits per heavy atom. The van der Waals surface area contributed by atoms with Crippen LogP contribution in [0.2, 0.25) is 0 Å². The molecule has 22 nitrogen and oxygen atoms in total. The zero-order chi connectivity index (χ0) is 56.4. The molecule has 430 valence electrons. The second-order valence-corrected chi connectivity index (χ2v) is 24.4. The van der Waals surface area contributed by atoms with Crippen LogP contribution in [-0.4, -0.2) is 167 Å². The van der Waals surface area contributed by atoms with Crippen molar-refractivity contribution in [3.8, 4) is 5.75 Å². The average Bonchev–Trinajstić information content (AvgIpc) is 3.52. The minimum absolute atomic E-state index is 0. The van der Waals surface area contributed by atoms with Gasteiger partial charge in [-0.2, -0.15) is 0 Å². The molecule has 6 aromatic rings. The normalized spacial score (nSPS) is 20.2. The number of pyridine rings is 2. The van der Waals surface area contributed by atoms with E-state index >= 15 is 0 Å². The van der Waals surface area contributed by atoms with Gasteiger partial charge in [0.15, 0.2) is 0 Å². The first-order valence-corrected chi connectivity index (χ1v) is 29.8. The Kier molecular flexibility index (Phi) is 21.9. The Morgan fingerprint density at radius 3 is 1.52 bits per heavy atom. The number of halogens is 1. The SMILES string of the molecule is Cc1nc2cc(F)c(S(=O)(=O)Nc3ccc(N4C[C@H](C)C[C@@H](C)C4)nc3)cc2c(=O)[nH]1.Cc1nc2cc(OCCN3CCOCC3)c(S(=O)(=O)Nc3ccc(N4C[C@H](C)C[C@@H](C)C4)nc3)cc2c(=O)[nH]1.OCCN1CCOCC1.[H-].[Na+]. The average molecular weight is 1160 g/mol. The van der Waals surface area contributed by atoms with Crippen molar-refractivity contribution in [2.24, 2.45) is 23.7 Å². The number of sulfonamides is 2. The second kappa shape index (κ2) is 28.1. The van der Waals surface area contributed by atoms with Crippen molar-refractivity contribution in [1.29, 1.82) is 0 Å². The van der Waals surface area contributed by atoms with Gasteiger partial charge in [-0.1, -0.05) is 27.7 Å². The summed E-state index contributed by atoms with van der Waals surface area (Å²) in [4.78, 5) is 55.3. The Morgan fingerprint density at radius 1 is 0.662 bits per heavy atom. The van der Waals surface area contributed by atoms with Gasteiger partial charge in [-0.15, -0.1) is 0 Å². The Balaban J connectivity index is 0.000000225. The standard InChI is InChI=1S/C27H36N6O5S.C21H24FN5O3S.C6H13NO2.Na.H/c1-18-12-19(2)17-33(16-18)26-5-4-21(15-28-26)31-39(35,36)25-13-22-23(29-20(3)30-27(22)34)14-24(25)38-11-8-32-6-9-37-10-7-32;1-12-6-13(2)11-27(10-12)20-5-4-15(9-23-20)26-31(29,30)19-7-16-18(8-17(19)22)24-14(3)25-21(16)28;8-4-1-7-2-5-9-6-3-7;;/h4-5,13-15,18-19,31H,6-12,16-17H2,1-3H3,(H,29,30,34);4-5,7-9,12-13,26H,6,10-11H2,1-3H3,(H,24,25,28);8H,1-6H2;;/q;;;+1;-1/t18-,19-;12-,13-;;;/m11.../s1. The van der Waals surface area contributed by atoms with Crippen molar-refractivity contribution in [3.05, 3.63) is 99.1 Å². The number of nitrogens with one attached hydrogen (secondary N) is 4. The first-order valence-electron chi connectivity index (χ1n) is 26.8. The molecule has 0 spiro atoms. The maximum absolute atomic E-state index is 14.6. The van der Waals surface area contributed by atoms with E-state index in [1.165, 1.54) is 37.4 Å². The number of aromatic nitrogens is 6. The molecule has 0 unspecified atom stereocenters. The number of rotatable bonds is 14. The monoisotopic (exact) mass is 1160 g/mol. The molecular formula is C54H74FN12NaO10S2. The molecule has 10 rings (SSSR count). The molecule has 2 aromatic carbocycles. The number of aliphatic hydroxyl groups is 1. The summed E-state index contributed by atoms with van der Waals surface area (Å²) in [6, 6.07) is 11.7. The maximum Gasteiger partial charge on any atom is 1.00 e. The number of hydrogen-bond donors (Lipinski definition) is 5. The molecule has 4 aliphatic heterocycles. The van der Waals surface area contributed by atoms with Gasteiger partial charge in [-0.25, -0.2) is 41.2 Å². The first kappa shape index (κ1) is 62.3. The van der Waals surface area contributed by atoms with Crippen LogP contribution in [-0.2, 0) is 29.5 Å². The zero-order valence-electron chi connectivity index (χ0n) is 47.7. The largest absolute Gasteiger partial charge is 1.00 e. The number of hydrogen-bond acceptors (Lipinski definition) is 18. The molecule has 0 saturated carbocycles. The predicted molar refractivity (Wildman–Crippen MR) is 303 cm³/mol. The van der Waals surface area contributed by atoms with Crippen LogP contribution in [0, 0.1) is 43.3 Å². The molecule has 4 fully saturated rings. The van der Waals surface area contributed by atoms with Crippen LogP contribution in [0.15, 0.2) is 80.3 Å². The van der Waals surface area contributed by atoms with E-state index in [-0.39, 0.29) is 76.8 Å². The second-order valence-electron chi connectivity index (χ2n) is 21.1. The first-order chi connectivity index (χ1) is 37.7. The topological polar surface area (TPSA) is 270 Å². The fourth-order valence-corrected chi connectivity index (χ4v) is 12.8. The summed E-state index contributed by atoms with van der Waals surface area (Å²) < 4.78 is 88.8. The minimum atomic E-state index is -4.28. The number of piperidine rings is 2. The van der Waals surface area contributed by atoms with Crippen molar-refractivity contribution in [1.82, 2.24) is 39.7 Å². The van der Waals surface area contributed by atoms with Crippen LogP contribution >= 0.6 is 0 Å². The number of β-amino-alcohol motifs (C(OH)–C–C–N with tert-alkyl or cyclic N) is 1. The summed E-state index contributed by atoms with van der Waals surface area (Å²) in [7, 11) is -8.39. The summed E-state index contributed by atoms with van der Waals surface area (Å²) in [5.41, 5.74) is 0.0468. The van der Waals surface area contributed by atoms with E-state index in [0.717, 1.165) is 95.9 Å². The molecule has 0 aliphatic carbocycles. The van der Waals surface area contributed by atoms with Crippen LogP contribution in [0.5, 0.6) is 5.75 Å². The van der Waals surface area contributed by atoms with E-state index in [1.54, 1.807) is 32.0 Å². The van der Waals surface area contributed by atoms with Gasteiger partial charge < -0.3 is 40.5 Å². The Hall–Kier alpha value is -5.35. The van der Waals surface area contributed by atoms with E-state index < -0.39 is 41.9 Å². The Labute approximate surface area is 490 Å². The van der Waals surface area contributed by atoms with Gasteiger partial charge in [0.2, 0.25) is 0 Å². The summed E-state index contributed by atoms with van der Waals surface area (Å²) in [6.45, 7) is 24.2. The fourth-order valence-electron chi connectivity index (χ4n) is 10.5. The number of aromatic amines is 2. The third kappa shape index (κ3) is 16.7. The van der Waals surface area contributed by atoms with Crippen LogP contribution in [0.25, 0.3) is 21.8 Å². The Bertz CT molecular complexity index is 3370. The summed E-state index contributed by atoms with van der Waals surface area (Å²) in [5.74, 6) is 3.75. The van der Waals surface area contributed by atoms with Crippen molar-refractivity contribution in [2.75, 3.05) is 124 Å². The molecule has 4 saturated heterocycles. The molecule has 4 aromatic heterocycles. The van der Waals surface area contributed by atoms with Crippen molar-refractivity contribution in [3.63, 3.8) is 0 Å². The van der Waals surface area contributed by atoms with Gasteiger partial charge in [0.05, 0.1) is 78.6 Å². The zero-order valence-corrected chi connectivity index (χ0v) is 50.3. The van der Waals surface area contributed by atoms with Gasteiger partial charge in [0, 0.05) is 77.6 Å². The smallest absolute Gasteiger partial charge is 1.00 e. The number of nitrogens with zero attached hydrogens (tertiary/aromatic N) is 8. The predicted octanol–water partition coefficient (Wildman–Crippen LogP) is 2.10. The molecule has 4 aliphatic rings. The van der Waals surface area contributed by atoms with Gasteiger partial charge in [0.25, 0.3) is 31.2 Å². The number of anilines is 4. The summed E-state index contributed by atoms with van der Waals surface area (Å²) in [6.07, 6.45) is 5.29. The number of aryl methyl sites for hydroxylation is 2. The minimum Gasteiger partial charge on any atom is -1.00 e. The van der Waals surface area contributed by atoms with Crippen LogP contribution in [0.4, 0.5) is 27.4 Å². The van der Waals surface area contributed by atoms with Gasteiger partial charge in [-0.3, -0.25) is 28.8 Å². The van der Waals surface area contributed by atoms with Crippen molar-refractivity contribution in [2.45, 2.75) is 64.2 Å². The quantitative estimate of drug-likeness (QED) is 0.0978. The third-order valence-electron chi connectivity index (χ3n) is 14.0. The van der Waals surface area contributed by atoms with Crippen LogP contribution in [0.1, 0.15) is 53.6 Å². The number of aliphatic hydroxyl groups excluding tert-OH is 1. The van der Waals surface area contributed by atoms with E-state index in [2.05, 4.69) is 86.6 Å². The van der Waals surface area contributed by atoms with Crippen LogP contribution in [0.3, 0.4) is 0 Å². The molecule has 4 atom stereocenters. The molecular weight excluding hydrogens is 1080 g/mol. The molecule has 5 N–H and O–H groups in total. The fraction of sp³-hybridized carbons (Fsp3) is 0.519. The van der Waals surface area contributed by atoms with E-state index in [0.29, 0.717) is 66.3 Å². The molecule has 0 radical (unpaired) electrons. The molecule has 0 amide bonds. The number of benzene rings is 2. The van der Waals surface area contributed by atoms with Gasteiger partial charge in [0.1, 0.15) is 51.2 Å². The molecule has 26 heteroatoms. The van der Waals surface area contributed by atoms with E-state index in [9.17, 15) is 30.8 Å². The maximum atomic E-state index is 14.6. The molecule has 80 heavy (non-hydrogen) atoms. The van der Waals surface area contributed by atoms with Crippen LogP contribution < -0.4 is 64.7 Å². The van der Waals surface area contributed by atoms with Crippen molar-refractivity contribution >= 4 is 64.9 Å². The number of H-pyrrole nitrogens is 2. The number of fused-ring (bicyclic) bond motifs is 2. The van der Waals surface area contributed by atoms with E-state index in [4.69, 9.17) is 19.3 Å². The van der Waals surface area contributed by atoms with Gasteiger partial charge >= 0.3 is 29.6 Å². The number of morpholine rings is 2. The third-order valence-corrected chi connectivity index (χ3v) is 16.8. The molecule has 0 bridgehead atoms. The van der Waals surface area contributed by atoms with Crippen molar-refractivity contribution < 1.29 is 71.5 Å². The summed E-state index contributed by atoms with van der Waals surface area (Å²) in [5, 5.41) is 8.70.